The molecule has 0 N–H and O–H groups in total. The standard InChI is InChI=1S/C14H11F7O4/c1-2-24-10(22)8-5-3-4-6-9(8)11(23)25-7-12(15,16)13(17,18)14(19,20)21/h3-6H,2,7H2,1H3. The lowest BCUT2D eigenvalue weighted by Gasteiger charge is -2.27. The minimum atomic E-state index is -6.54. The number of ether oxygens (including phenoxy) is 2. The summed E-state index contributed by atoms with van der Waals surface area (Å²) >= 11 is 0. The Kier molecular flexibility index (Phi) is 6.03. The van der Waals surface area contributed by atoms with E-state index < -0.39 is 47.7 Å². The van der Waals surface area contributed by atoms with E-state index in [0.29, 0.717) is 0 Å². The highest BCUT2D eigenvalue weighted by Crippen LogP contribution is 2.46. The van der Waals surface area contributed by atoms with E-state index in [-0.39, 0.29) is 6.61 Å². The third kappa shape index (κ3) is 4.40. The number of esters is 2. The summed E-state index contributed by atoms with van der Waals surface area (Å²) in [7, 11) is 0. The number of halogens is 7. The second-order valence-corrected chi connectivity index (χ2v) is 4.62. The molecule has 0 aliphatic carbocycles. The zero-order valence-electron chi connectivity index (χ0n) is 12.5. The van der Waals surface area contributed by atoms with E-state index >= 15 is 0 Å². The van der Waals surface area contributed by atoms with Crippen molar-refractivity contribution in [3.8, 4) is 0 Å². The van der Waals surface area contributed by atoms with Crippen LogP contribution in [0.15, 0.2) is 24.3 Å². The molecule has 0 aliphatic rings. The lowest BCUT2D eigenvalue weighted by atomic mass is 10.1. The maximum Gasteiger partial charge on any atom is 0.460 e. The van der Waals surface area contributed by atoms with Crippen LogP contribution in [0.2, 0.25) is 0 Å². The van der Waals surface area contributed by atoms with Crippen LogP contribution in [0.3, 0.4) is 0 Å². The number of carbonyl (C=O) groups excluding carboxylic acids is 2. The van der Waals surface area contributed by atoms with Crippen LogP contribution >= 0.6 is 0 Å². The highest BCUT2D eigenvalue weighted by molar-refractivity contribution is 6.03. The molecule has 1 aromatic carbocycles. The zero-order chi connectivity index (χ0) is 19.5. The predicted octanol–water partition coefficient (Wildman–Crippen LogP) is 3.85. The summed E-state index contributed by atoms with van der Waals surface area (Å²) in [4.78, 5) is 23.3. The molecule has 0 bridgehead atoms. The van der Waals surface area contributed by atoms with E-state index in [0.717, 1.165) is 12.1 Å². The maximum atomic E-state index is 13.1. The minimum Gasteiger partial charge on any atom is -0.462 e. The zero-order valence-corrected chi connectivity index (χ0v) is 12.5. The van der Waals surface area contributed by atoms with Crippen LogP contribution in [0.25, 0.3) is 0 Å². The van der Waals surface area contributed by atoms with Gasteiger partial charge in [-0.3, -0.25) is 0 Å². The number of carbonyl (C=O) groups is 2. The molecular formula is C14H11F7O4. The fourth-order valence-corrected chi connectivity index (χ4v) is 1.58. The first-order chi connectivity index (χ1) is 11.3. The number of hydrogen-bond acceptors (Lipinski definition) is 4. The van der Waals surface area contributed by atoms with Crippen LogP contribution in [-0.4, -0.2) is 43.2 Å². The van der Waals surface area contributed by atoms with Crippen LogP contribution < -0.4 is 0 Å². The van der Waals surface area contributed by atoms with Crippen molar-refractivity contribution in [3.63, 3.8) is 0 Å². The molecule has 0 fully saturated rings. The Morgan fingerprint density at radius 2 is 1.32 bits per heavy atom. The van der Waals surface area contributed by atoms with E-state index in [9.17, 15) is 40.3 Å². The van der Waals surface area contributed by atoms with Gasteiger partial charge in [-0.15, -0.1) is 0 Å². The highest BCUT2D eigenvalue weighted by atomic mass is 19.4. The number of alkyl halides is 7. The van der Waals surface area contributed by atoms with Crippen molar-refractivity contribution in [2.45, 2.75) is 24.9 Å². The van der Waals surface area contributed by atoms with Crippen molar-refractivity contribution in [1.82, 2.24) is 0 Å². The molecule has 0 amide bonds. The Morgan fingerprint density at radius 3 is 1.72 bits per heavy atom. The van der Waals surface area contributed by atoms with Crippen LogP contribution in [0.1, 0.15) is 27.6 Å². The van der Waals surface area contributed by atoms with Crippen molar-refractivity contribution in [2.24, 2.45) is 0 Å². The molecule has 0 saturated heterocycles. The first kappa shape index (κ1) is 20.7. The average Bonchev–Trinajstić information content (AvgIpc) is 2.51. The fourth-order valence-electron chi connectivity index (χ4n) is 1.58. The highest BCUT2D eigenvalue weighted by Gasteiger charge is 2.73. The van der Waals surface area contributed by atoms with Crippen molar-refractivity contribution in [2.75, 3.05) is 13.2 Å². The summed E-state index contributed by atoms with van der Waals surface area (Å²) in [6.45, 7) is -1.17. The quantitative estimate of drug-likeness (QED) is 0.559. The van der Waals surface area contributed by atoms with E-state index in [4.69, 9.17) is 0 Å². The predicted molar refractivity (Wildman–Crippen MR) is 68.6 cm³/mol. The van der Waals surface area contributed by atoms with Crippen molar-refractivity contribution >= 4 is 11.9 Å². The van der Waals surface area contributed by atoms with E-state index in [1.807, 2.05) is 0 Å². The maximum absolute atomic E-state index is 13.1. The van der Waals surface area contributed by atoms with Gasteiger partial charge in [0.15, 0.2) is 6.61 Å². The van der Waals surface area contributed by atoms with E-state index in [2.05, 4.69) is 9.47 Å². The van der Waals surface area contributed by atoms with Gasteiger partial charge < -0.3 is 9.47 Å². The van der Waals surface area contributed by atoms with E-state index in [1.165, 1.54) is 19.1 Å². The van der Waals surface area contributed by atoms with Gasteiger partial charge in [0.2, 0.25) is 0 Å². The van der Waals surface area contributed by atoms with Gasteiger partial charge in [0.05, 0.1) is 17.7 Å². The van der Waals surface area contributed by atoms with Gasteiger partial charge in [0, 0.05) is 0 Å². The molecule has 1 aromatic rings. The Hall–Kier alpha value is -2.33. The largest absolute Gasteiger partial charge is 0.462 e. The molecule has 0 aromatic heterocycles. The summed E-state index contributed by atoms with van der Waals surface area (Å²) in [6.07, 6.45) is -6.54. The summed E-state index contributed by atoms with van der Waals surface area (Å²) in [5, 5.41) is 0. The second-order valence-electron chi connectivity index (χ2n) is 4.62. The summed E-state index contributed by atoms with van der Waals surface area (Å²) in [6, 6.07) is 4.49. The molecule has 1 rings (SSSR count). The SMILES string of the molecule is CCOC(=O)c1ccccc1C(=O)OCC(F)(F)C(F)(F)C(F)(F)F. The smallest absolute Gasteiger partial charge is 0.460 e. The molecule has 25 heavy (non-hydrogen) atoms. The van der Waals surface area contributed by atoms with Gasteiger partial charge in [-0.1, -0.05) is 12.1 Å². The Bertz CT molecular complexity index is 640. The van der Waals surface area contributed by atoms with Crippen molar-refractivity contribution < 1.29 is 49.8 Å². The first-order valence-corrected chi connectivity index (χ1v) is 6.60. The molecule has 0 heterocycles. The number of hydrogen-bond donors (Lipinski definition) is 0. The number of benzene rings is 1. The third-order valence-corrected chi connectivity index (χ3v) is 2.84. The molecule has 140 valence electrons. The molecule has 0 radical (unpaired) electrons. The van der Waals surface area contributed by atoms with Crippen LogP contribution in [0.5, 0.6) is 0 Å². The Morgan fingerprint density at radius 1 is 0.880 bits per heavy atom. The lowest BCUT2D eigenvalue weighted by molar-refractivity contribution is -0.359. The van der Waals surface area contributed by atoms with Gasteiger partial charge >= 0.3 is 30.0 Å². The van der Waals surface area contributed by atoms with Gasteiger partial charge in [-0.05, 0) is 19.1 Å². The van der Waals surface area contributed by atoms with Crippen LogP contribution in [0.4, 0.5) is 30.7 Å². The molecule has 0 unspecified atom stereocenters. The number of rotatable bonds is 6. The van der Waals surface area contributed by atoms with Crippen LogP contribution in [0, 0.1) is 0 Å². The molecule has 4 nitrogen and oxygen atoms in total. The van der Waals surface area contributed by atoms with Crippen molar-refractivity contribution in [1.29, 1.82) is 0 Å². The summed E-state index contributed by atoms with van der Waals surface area (Å²) < 4.78 is 96.2. The minimum absolute atomic E-state index is 0.0852. The molecule has 11 heteroatoms. The monoisotopic (exact) mass is 376 g/mol. The Labute approximate surface area is 136 Å². The molecule has 0 saturated carbocycles. The topological polar surface area (TPSA) is 52.6 Å². The van der Waals surface area contributed by atoms with Gasteiger partial charge in [-0.2, -0.15) is 30.7 Å². The fraction of sp³-hybridized carbons (Fsp3) is 0.429. The molecule has 0 aliphatic heterocycles. The Balaban J connectivity index is 2.97. The normalized spacial score (nSPS) is 12.6. The van der Waals surface area contributed by atoms with Crippen LogP contribution in [-0.2, 0) is 9.47 Å². The third-order valence-electron chi connectivity index (χ3n) is 2.84. The second kappa shape index (κ2) is 7.28. The van der Waals surface area contributed by atoms with Gasteiger partial charge in [0.1, 0.15) is 0 Å². The average molecular weight is 376 g/mol. The molecule has 0 atom stereocenters. The van der Waals surface area contributed by atoms with Gasteiger partial charge in [-0.25, -0.2) is 9.59 Å². The lowest BCUT2D eigenvalue weighted by Crippen LogP contribution is -2.54. The summed E-state index contributed by atoms with van der Waals surface area (Å²) in [5.74, 6) is -14.8. The van der Waals surface area contributed by atoms with Crippen molar-refractivity contribution in [3.05, 3.63) is 35.4 Å². The van der Waals surface area contributed by atoms with E-state index in [1.54, 1.807) is 0 Å². The summed E-state index contributed by atoms with van der Waals surface area (Å²) in [5.41, 5.74) is -1.03. The first-order valence-electron chi connectivity index (χ1n) is 6.60. The van der Waals surface area contributed by atoms with Gasteiger partial charge in [0.25, 0.3) is 0 Å². The molecule has 0 spiro atoms. The molecular weight excluding hydrogens is 365 g/mol.